The number of primary amides is 1. The summed E-state index contributed by atoms with van der Waals surface area (Å²) in [4.78, 5) is 37.5. The van der Waals surface area contributed by atoms with Crippen molar-refractivity contribution in [2.75, 3.05) is 26.2 Å². The predicted molar refractivity (Wildman–Crippen MR) is 73.0 cm³/mol. The van der Waals surface area contributed by atoms with E-state index in [0.29, 0.717) is 19.5 Å². The molecule has 20 heavy (non-hydrogen) atoms. The van der Waals surface area contributed by atoms with Gasteiger partial charge in [-0.05, 0) is 19.8 Å². The van der Waals surface area contributed by atoms with Crippen molar-refractivity contribution in [3.63, 3.8) is 0 Å². The maximum Gasteiger partial charge on any atom is 0.320 e. The van der Waals surface area contributed by atoms with E-state index in [1.807, 2.05) is 6.92 Å². The van der Waals surface area contributed by atoms with E-state index in [2.05, 4.69) is 0 Å². The number of nitrogens with zero attached hydrogens (tertiary/aromatic N) is 2. The molecule has 0 aromatic rings. The van der Waals surface area contributed by atoms with Crippen LogP contribution in [0.15, 0.2) is 0 Å². The van der Waals surface area contributed by atoms with Crippen LogP contribution in [0.5, 0.6) is 0 Å². The molecule has 1 aliphatic heterocycles. The van der Waals surface area contributed by atoms with Gasteiger partial charge in [0.15, 0.2) is 0 Å². The number of carboxylic acids is 1. The lowest BCUT2D eigenvalue weighted by atomic mass is 9.90. The fourth-order valence-corrected chi connectivity index (χ4v) is 2.28. The van der Waals surface area contributed by atoms with Crippen molar-refractivity contribution in [3.8, 4) is 0 Å². The molecule has 3 N–H and O–H groups in total. The van der Waals surface area contributed by atoms with Crippen LogP contribution in [-0.4, -0.2) is 59.0 Å². The Morgan fingerprint density at radius 3 is 2.50 bits per heavy atom. The van der Waals surface area contributed by atoms with E-state index in [0.717, 1.165) is 12.8 Å². The smallest absolute Gasteiger partial charge is 0.320 e. The Labute approximate surface area is 118 Å². The molecular formula is C13H23N3O4. The van der Waals surface area contributed by atoms with Gasteiger partial charge >= 0.3 is 12.0 Å². The van der Waals surface area contributed by atoms with Gasteiger partial charge < -0.3 is 20.6 Å². The van der Waals surface area contributed by atoms with Gasteiger partial charge in [0.2, 0.25) is 5.91 Å². The van der Waals surface area contributed by atoms with Crippen LogP contribution >= 0.6 is 0 Å². The number of urea groups is 1. The van der Waals surface area contributed by atoms with Gasteiger partial charge in [0.1, 0.15) is 6.54 Å². The maximum absolute atomic E-state index is 12.3. The van der Waals surface area contributed by atoms with Gasteiger partial charge in [0.05, 0.1) is 5.41 Å². The molecule has 0 aromatic carbocycles. The van der Waals surface area contributed by atoms with Gasteiger partial charge in [-0.1, -0.05) is 13.3 Å². The van der Waals surface area contributed by atoms with Crippen LogP contribution in [0.2, 0.25) is 0 Å². The lowest BCUT2D eigenvalue weighted by molar-refractivity contribution is -0.147. The third kappa shape index (κ3) is 3.85. The summed E-state index contributed by atoms with van der Waals surface area (Å²) in [5, 5.41) is 9.17. The van der Waals surface area contributed by atoms with Crippen molar-refractivity contribution in [3.05, 3.63) is 0 Å². The molecule has 0 bridgehead atoms. The van der Waals surface area contributed by atoms with E-state index in [4.69, 9.17) is 5.73 Å². The molecule has 1 aliphatic rings. The quantitative estimate of drug-likeness (QED) is 0.741. The Bertz CT molecular complexity index is 399. The fraction of sp³-hybridized carbons (Fsp3) is 0.769. The topological polar surface area (TPSA) is 104 Å². The molecule has 0 aliphatic carbocycles. The predicted octanol–water partition coefficient (Wildman–Crippen LogP) is 0.490. The van der Waals surface area contributed by atoms with Crippen molar-refractivity contribution >= 4 is 17.9 Å². The molecule has 1 heterocycles. The largest absolute Gasteiger partial charge is 0.481 e. The Morgan fingerprint density at radius 2 is 2.05 bits per heavy atom. The molecule has 1 unspecified atom stereocenters. The monoisotopic (exact) mass is 285 g/mol. The molecule has 7 heteroatoms. The van der Waals surface area contributed by atoms with Gasteiger partial charge in [0, 0.05) is 19.6 Å². The summed E-state index contributed by atoms with van der Waals surface area (Å²) >= 11 is 0. The molecule has 1 rings (SSSR count). The lowest BCUT2D eigenvalue weighted by Gasteiger charge is -2.28. The number of carbonyl (C=O) groups excluding carboxylic acids is 2. The molecule has 7 nitrogen and oxygen atoms in total. The van der Waals surface area contributed by atoms with E-state index in [9.17, 15) is 19.5 Å². The highest BCUT2D eigenvalue weighted by atomic mass is 16.4. The number of carboxylic acid groups (broad SMARTS) is 1. The standard InChI is InChI=1S/C13H23N3O4/c1-3-4-6-15(8-10(14)17)12(20)16-7-5-13(2,9-16)11(18)19/h3-9H2,1-2H3,(H2,14,17)(H,18,19). The van der Waals surface area contributed by atoms with Crippen molar-refractivity contribution in [1.29, 1.82) is 0 Å². The zero-order valence-electron chi connectivity index (χ0n) is 12.1. The molecule has 0 radical (unpaired) electrons. The van der Waals surface area contributed by atoms with E-state index in [1.165, 1.54) is 9.80 Å². The summed E-state index contributed by atoms with van der Waals surface area (Å²) in [6.45, 7) is 4.51. The third-order valence-corrected chi connectivity index (χ3v) is 3.66. The van der Waals surface area contributed by atoms with Gasteiger partial charge in [-0.15, -0.1) is 0 Å². The SMILES string of the molecule is CCCCN(CC(N)=O)C(=O)N1CCC(C)(C(=O)O)C1. The summed E-state index contributed by atoms with van der Waals surface area (Å²) in [5.74, 6) is -1.46. The molecule has 3 amide bonds. The first-order chi connectivity index (χ1) is 9.30. The van der Waals surface area contributed by atoms with E-state index in [1.54, 1.807) is 6.92 Å². The van der Waals surface area contributed by atoms with Crippen LogP contribution < -0.4 is 5.73 Å². The maximum atomic E-state index is 12.3. The molecule has 114 valence electrons. The highest BCUT2D eigenvalue weighted by Gasteiger charge is 2.43. The van der Waals surface area contributed by atoms with E-state index in [-0.39, 0.29) is 19.1 Å². The normalized spacial score (nSPS) is 21.8. The number of rotatable bonds is 6. The summed E-state index contributed by atoms with van der Waals surface area (Å²) in [6, 6.07) is -0.303. The number of unbranched alkanes of at least 4 members (excludes halogenated alkanes) is 1. The van der Waals surface area contributed by atoms with Gasteiger partial charge in [-0.3, -0.25) is 9.59 Å². The number of likely N-dealkylation sites (tertiary alicyclic amines) is 1. The van der Waals surface area contributed by atoms with Crippen molar-refractivity contribution in [2.45, 2.75) is 33.1 Å². The Kier molecular flexibility index (Phi) is 5.35. The number of hydrogen-bond donors (Lipinski definition) is 2. The number of hydrogen-bond acceptors (Lipinski definition) is 3. The first-order valence-electron chi connectivity index (χ1n) is 6.85. The summed E-state index contributed by atoms with van der Waals surface area (Å²) in [5.41, 5.74) is 4.25. The number of nitrogens with two attached hydrogens (primary N) is 1. The Hall–Kier alpha value is -1.79. The van der Waals surface area contributed by atoms with Crippen molar-refractivity contribution in [1.82, 2.24) is 9.80 Å². The molecule has 0 aromatic heterocycles. The minimum absolute atomic E-state index is 0.126. The van der Waals surface area contributed by atoms with Crippen molar-refractivity contribution < 1.29 is 19.5 Å². The second-order valence-electron chi connectivity index (χ2n) is 5.56. The Morgan fingerprint density at radius 1 is 1.40 bits per heavy atom. The van der Waals surface area contributed by atoms with Gasteiger partial charge in [-0.2, -0.15) is 0 Å². The number of carbonyl (C=O) groups is 3. The van der Waals surface area contributed by atoms with Crippen LogP contribution in [0, 0.1) is 5.41 Å². The average Bonchev–Trinajstić information content (AvgIpc) is 2.77. The first kappa shape index (κ1) is 16.3. The summed E-state index contributed by atoms with van der Waals surface area (Å²) in [6.07, 6.45) is 2.10. The molecule has 1 atom stereocenters. The molecule has 0 spiro atoms. The van der Waals surface area contributed by atoms with Crippen LogP contribution in [-0.2, 0) is 9.59 Å². The van der Waals surface area contributed by atoms with Gasteiger partial charge in [-0.25, -0.2) is 4.79 Å². The lowest BCUT2D eigenvalue weighted by Crippen LogP contribution is -2.47. The second-order valence-corrected chi connectivity index (χ2v) is 5.56. The number of aliphatic carboxylic acids is 1. The number of amides is 3. The van der Waals surface area contributed by atoms with Crippen molar-refractivity contribution in [2.24, 2.45) is 11.1 Å². The fourth-order valence-electron chi connectivity index (χ4n) is 2.28. The Balaban J connectivity index is 2.70. The second kappa shape index (κ2) is 6.58. The first-order valence-corrected chi connectivity index (χ1v) is 6.85. The van der Waals surface area contributed by atoms with Gasteiger partial charge in [0.25, 0.3) is 0 Å². The van der Waals surface area contributed by atoms with Crippen LogP contribution in [0.3, 0.4) is 0 Å². The van der Waals surface area contributed by atoms with Crippen LogP contribution in [0.25, 0.3) is 0 Å². The molecule has 0 saturated carbocycles. The average molecular weight is 285 g/mol. The zero-order chi connectivity index (χ0) is 15.3. The van der Waals surface area contributed by atoms with Crippen LogP contribution in [0.4, 0.5) is 4.79 Å². The molecular weight excluding hydrogens is 262 g/mol. The van der Waals surface area contributed by atoms with Crippen LogP contribution in [0.1, 0.15) is 33.1 Å². The zero-order valence-corrected chi connectivity index (χ0v) is 12.1. The minimum Gasteiger partial charge on any atom is -0.481 e. The molecule has 1 saturated heterocycles. The summed E-state index contributed by atoms with van der Waals surface area (Å²) in [7, 11) is 0. The molecule has 1 fully saturated rings. The highest BCUT2D eigenvalue weighted by molar-refractivity contribution is 5.84. The summed E-state index contributed by atoms with van der Waals surface area (Å²) < 4.78 is 0. The van der Waals surface area contributed by atoms with E-state index >= 15 is 0 Å². The third-order valence-electron chi connectivity index (χ3n) is 3.66. The van der Waals surface area contributed by atoms with E-state index < -0.39 is 17.3 Å². The minimum atomic E-state index is -0.904. The highest BCUT2D eigenvalue weighted by Crippen LogP contribution is 2.30.